The summed E-state index contributed by atoms with van der Waals surface area (Å²) < 4.78 is 10.6. The van der Waals surface area contributed by atoms with Gasteiger partial charge in [-0.1, -0.05) is 61.9 Å². The number of carboxylic acids is 1. The molecule has 182 valence electrons. The molecule has 0 heterocycles. The summed E-state index contributed by atoms with van der Waals surface area (Å²) >= 11 is 0. The topological polar surface area (TPSA) is 114 Å². The Bertz CT molecular complexity index is 978. The highest BCUT2D eigenvalue weighted by molar-refractivity contribution is 5.84. The fraction of sp³-hybridized carbons (Fsp3) is 0.423. The SMILES string of the molecule is CCC[C@H](CC(=O)N[C@H](C(=O)O)[C@@H](C)OC)NC(=O)OCC1c2ccccc2-c2ccccc21. The highest BCUT2D eigenvalue weighted by Gasteiger charge is 2.30. The van der Waals surface area contributed by atoms with Gasteiger partial charge in [0.25, 0.3) is 0 Å². The Balaban J connectivity index is 1.59. The second kappa shape index (κ2) is 11.7. The summed E-state index contributed by atoms with van der Waals surface area (Å²) in [6.45, 7) is 3.69. The van der Waals surface area contributed by atoms with Crippen LogP contribution >= 0.6 is 0 Å². The molecule has 0 bridgehead atoms. The van der Waals surface area contributed by atoms with Gasteiger partial charge in [0.1, 0.15) is 6.61 Å². The number of amides is 2. The van der Waals surface area contributed by atoms with E-state index < -0.39 is 36.2 Å². The lowest BCUT2D eigenvalue weighted by Gasteiger charge is -2.23. The number of carboxylic acid groups (broad SMARTS) is 1. The minimum absolute atomic E-state index is 0.0573. The largest absolute Gasteiger partial charge is 0.480 e. The molecule has 0 saturated carbocycles. The molecular formula is C26H32N2O6. The van der Waals surface area contributed by atoms with Crippen LogP contribution in [0.3, 0.4) is 0 Å². The van der Waals surface area contributed by atoms with Gasteiger partial charge >= 0.3 is 12.1 Å². The molecule has 8 heteroatoms. The van der Waals surface area contributed by atoms with Gasteiger partial charge in [-0.15, -0.1) is 0 Å². The predicted molar refractivity (Wildman–Crippen MR) is 128 cm³/mol. The second-order valence-electron chi connectivity index (χ2n) is 8.48. The van der Waals surface area contributed by atoms with Gasteiger partial charge in [-0.05, 0) is 35.6 Å². The Labute approximate surface area is 199 Å². The van der Waals surface area contributed by atoms with Crippen molar-refractivity contribution in [2.45, 2.75) is 57.2 Å². The molecule has 1 aliphatic rings. The van der Waals surface area contributed by atoms with E-state index in [9.17, 15) is 19.5 Å². The Morgan fingerprint density at radius 1 is 1.00 bits per heavy atom. The van der Waals surface area contributed by atoms with E-state index in [1.165, 1.54) is 7.11 Å². The molecule has 2 amide bonds. The number of alkyl carbamates (subject to hydrolysis) is 1. The van der Waals surface area contributed by atoms with Crippen LogP contribution in [0.2, 0.25) is 0 Å². The number of benzene rings is 2. The molecule has 0 saturated heterocycles. The maximum atomic E-state index is 12.6. The molecule has 1 aliphatic carbocycles. The average Bonchev–Trinajstić information content (AvgIpc) is 3.14. The van der Waals surface area contributed by atoms with Crippen molar-refractivity contribution in [3.63, 3.8) is 0 Å². The molecule has 0 radical (unpaired) electrons. The van der Waals surface area contributed by atoms with Crippen LogP contribution in [-0.2, 0) is 19.1 Å². The van der Waals surface area contributed by atoms with Crippen molar-refractivity contribution in [2.75, 3.05) is 13.7 Å². The van der Waals surface area contributed by atoms with E-state index in [2.05, 4.69) is 22.8 Å². The highest BCUT2D eigenvalue weighted by Crippen LogP contribution is 2.44. The van der Waals surface area contributed by atoms with Gasteiger partial charge in [0.2, 0.25) is 5.91 Å². The summed E-state index contributed by atoms with van der Waals surface area (Å²) in [4.78, 5) is 36.5. The summed E-state index contributed by atoms with van der Waals surface area (Å²) in [7, 11) is 1.38. The van der Waals surface area contributed by atoms with E-state index in [0.717, 1.165) is 28.7 Å². The smallest absolute Gasteiger partial charge is 0.407 e. The Morgan fingerprint density at radius 2 is 1.59 bits per heavy atom. The number of rotatable bonds is 11. The summed E-state index contributed by atoms with van der Waals surface area (Å²) in [6, 6.07) is 14.5. The number of carbonyl (C=O) groups excluding carboxylic acids is 2. The number of nitrogens with one attached hydrogen (secondary N) is 2. The number of aliphatic carboxylic acids is 1. The van der Waals surface area contributed by atoms with E-state index in [-0.39, 0.29) is 18.9 Å². The van der Waals surface area contributed by atoms with Crippen molar-refractivity contribution in [2.24, 2.45) is 0 Å². The summed E-state index contributed by atoms with van der Waals surface area (Å²) in [5.41, 5.74) is 4.53. The molecule has 3 rings (SSSR count). The first-order chi connectivity index (χ1) is 16.3. The van der Waals surface area contributed by atoms with Gasteiger partial charge in [0.15, 0.2) is 6.04 Å². The van der Waals surface area contributed by atoms with Gasteiger partial charge in [0.05, 0.1) is 6.10 Å². The zero-order chi connectivity index (χ0) is 24.7. The van der Waals surface area contributed by atoms with Crippen LogP contribution < -0.4 is 10.6 Å². The number of hydrogen-bond acceptors (Lipinski definition) is 5. The van der Waals surface area contributed by atoms with E-state index in [1.807, 2.05) is 43.3 Å². The first-order valence-electron chi connectivity index (χ1n) is 11.5. The molecule has 2 aromatic carbocycles. The van der Waals surface area contributed by atoms with Gasteiger partial charge in [-0.2, -0.15) is 0 Å². The second-order valence-corrected chi connectivity index (χ2v) is 8.48. The van der Waals surface area contributed by atoms with E-state index in [4.69, 9.17) is 9.47 Å². The van der Waals surface area contributed by atoms with Crippen LogP contribution in [0.15, 0.2) is 48.5 Å². The maximum Gasteiger partial charge on any atom is 0.407 e. The van der Waals surface area contributed by atoms with Crippen LogP contribution in [0.5, 0.6) is 0 Å². The average molecular weight is 469 g/mol. The molecule has 3 atom stereocenters. The standard InChI is InChI=1S/C26H32N2O6/c1-4-9-17(14-23(29)28-24(25(30)31)16(2)33-3)27-26(32)34-15-22-20-12-7-5-10-18(20)19-11-6-8-13-21(19)22/h5-8,10-13,16-17,22,24H,4,9,14-15H2,1-3H3,(H,27,32)(H,28,29)(H,30,31)/t16-,17-,24+/m1/s1. The van der Waals surface area contributed by atoms with Gasteiger partial charge in [0, 0.05) is 25.5 Å². The summed E-state index contributed by atoms with van der Waals surface area (Å²) in [5.74, 6) is -1.72. The third-order valence-corrected chi connectivity index (χ3v) is 6.16. The monoisotopic (exact) mass is 468 g/mol. The van der Waals surface area contributed by atoms with Crippen molar-refractivity contribution < 1.29 is 29.0 Å². The lowest BCUT2D eigenvalue weighted by Crippen LogP contribution is -2.50. The van der Waals surface area contributed by atoms with Crippen LogP contribution in [0.25, 0.3) is 11.1 Å². The Hall–Kier alpha value is -3.39. The molecule has 0 fully saturated rings. The van der Waals surface area contributed by atoms with Crippen molar-refractivity contribution in [1.82, 2.24) is 10.6 Å². The van der Waals surface area contributed by atoms with Crippen molar-refractivity contribution in [3.8, 4) is 11.1 Å². The number of fused-ring (bicyclic) bond motifs is 3. The molecule has 34 heavy (non-hydrogen) atoms. The van der Waals surface area contributed by atoms with Gasteiger partial charge in [-0.25, -0.2) is 9.59 Å². The first kappa shape index (κ1) is 25.2. The van der Waals surface area contributed by atoms with Crippen LogP contribution in [0, 0.1) is 0 Å². The van der Waals surface area contributed by atoms with Crippen LogP contribution in [-0.4, -0.2) is 55.0 Å². The van der Waals surface area contributed by atoms with Crippen LogP contribution in [0.1, 0.15) is 50.2 Å². The minimum atomic E-state index is -1.18. The molecule has 0 spiro atoms. The highest BCUT2D eigenvalue weighted by atomic mass is 16.5. The third kappa shape index (κ3) is 5.94. The Morgan fingerprint density at radius 3 is 2.12 bits per heavy atom. The molecule has 2 aromatic rings. The lowest BCUT2D eigenvalue weighted by atomic mass is 9.98. The zero-order valence-electron chi connectivity index (χ0n) is 19.7. The fourth-order valence-corrected chi connectivity index (χ4v) is 4.35. The van der Waals surface area contributed by atoms with Crippen LogP contribution in [0.4, 0.5) is 4.79 Å². The van der Waals surface area contributed by atoms with E-state index >= 15 is 0 Å². The fourth-order valence-electron chi connectivity index (χ4n) is 4.35. The first-order valence-corrected chi connectivity index (χ1v) is 11.5. The van der Waals surface area contributed by atoms with Crippen molar-refractivity contribution >= 4 is 18.0 Å². The quantitative estimate of drug-likeness (QED) is 0.464. The van der Waals surface area contributed by atoms with Gasteiger partial charge in [-0.3, -0.25) is 4.79 Å². The lowest BCUT2D eigenvalue weighted by molar-refractivity contribution is -0.145. The van der Waals surface area contributed by atoms with Crippen molar-refractivity contribution in [1.29, 1.82) is 0 Å². The molecule has 0 unspecified atom stereocenters. The minimum Gasteiger partial charge on any atom is -0.480 e. The molecule has 3 N–H and O–H groups in total. The predicted octanol–water partition coefficient (Wildman–Crippen LogP) is 3.69. The number of hydrogen-bond donors (Lipinski definition) is 3. The normalized spacial score (nSPS) is 14.9. The Kier molecular flexibility index (Phi) is 8.65. The number of methoxy groups -OCH3 is 1. The van der Waals surface area contributed by atoms with E-state index in [1.54, 1.807) is 6.92 Å². The maximum absolute atomic E-state index is 12.6. The number of carbonyl (C=O) groups is 3. The molecule has 0 aliphatic heterocycles. The summed E-state index contributed by atoms with van der Waals surface area (Å²) in [5, 5.41) is 14.6. The molecule has 8 nitrogen and oxygen atoms in total. The third-order valence-electron chi connectivity index (χ3n) is 6.16. The van der Waals surface area contributed by atoms with Crippen molar-refractivity contribution in [3.05, 3.63) is 59.7 Å². The summed E-state index contributed by atoms with van der Waals surface area (Å²) in [6.07, 6.45) is -0.0689. The van der Waals surface area contributed by atoms with E-state index in [0.29, 0.717) is 6.42 Å². The molecular weight excluding hydrogens is 436 g/mol. The van der Waals surface area contributed by atoms with Gasteiger partial charge < -0.3 is 25.2 Å². The number of ether oxygens (including phenoxy) is 2. The molecule has 0 aromatic heterocycles. The zero-order valence-corrected chi connectivity index (χ0v) is 19.7.